The van der Waals surface area contributed by atoms with Crippen molar-refractivity contribution in [3.8, 4) is 39.5 Å². The molecule has 4 rings (SSSR count). The summed E-state index contributed by atoms with van der Waals surface area (Å²) in [5.41, 5.74) is 1.27. The summed E-state index contributed by atoms with van der Waals surface area (Å²) >= 11 is 0. The lowest BCUT2D eigenvalue weighted by Crippen LogP contribution is -2.09. The predicted octanol–water partition coefficient (Wildman–Crippen LogP) is 8.62. The zero-order valence-corrected chi connectivity index (χ0v) is 21.8. The first kappa shape index (κ1) is 27.8. The minimum absolute atomic E-state index is 0.0260. The number of carbonyl (C=O) groups is 1. The first-order valence-electron chi connectivity index (χ1n) is 12.9. The van der Waals surface area contributed by atoms with Crippen molar-refractivity contribution in [1.82, 2.24) is 0 Å². The van der Waals surface area contributed by atoms with Gasteiger partial charge in [-0.15, -0.1) is 0 Å². The number of halogens is 3. The molecule has 0 bridgehead atoms. The first-order valence-corrected chi connectivity index (χ1v) is 12.9. The smallest absolute Gasteiger partial charge is 0.343 e. The normalized spacial score (nSPS) is 10.8. The molecule has 0 fully saturated rings. The van der Waals surface area contributed by atoms with Crippen LogP contribution in [0.3, 0.4) is 0 Å². The van der Waals surface area contributed by atoms with Gasteiger partial charge in [0.1, 0.15) is 11.5 Å². The van der Waals surface area contributed by atoms with Crippen LogP contribution >= 0.6 is 0 Å². The van der Waals surface area contributed by atoms with E-state index >= 15 is 8.78 Å². The molecule has 0 saturated heterocycles. The molecule has 4 aromatic carbocycles. The van der Waals surface area contributed by atoms with E-state index in [0.29, 0.717) is 30.1 Å². The second-order valence-corrected chi connectivity index (χ2v) is 8.92. The van der Waals surface area contributed by atoms with Gasteiger partial charge in [-0.3, -0.25) is 0 Å². The first-order chi connectivity index (χ1) is 18.9. The number of hydrogen-bond acceptors (Lipinski definition) is 4. The highest BCUT2D eigenvalue weighted by Gasteiger charge is 2.17. The van der Waals surface area contributed by atoms with E-state index in [0.717, 1.165) is 25.3 Å². The summed E-state index contributed by atoms with van der Waals surface area (Å²) in [4.78, 5) is 12.6. The molecule has 0 atom stereocenters. The number of hydrogen-bond donors (Lipinski definition) is 0. The van der Waals surface area contributed by atoms with Crippen LogP contribution in [0.1, 0.15) is 43.5 Å². The summed E-state index contributed by atoms with van der Waals surface area (Å²) < 4.78 is 60.5. The third-order valence-corrected chi connectivity index (χ3v) is 6.02. The van der Waals surface area contributed by atoms with Crippen molar-refractivity contribution in [2.45, 2.75) is 33.1 Å². The van der Waals surface area contributed by atoms with Gasteiger partial charge >= 0.3 is 5.97 Å². The molecule has 0 amide bonds. The highest BCUT2D eigenvalue weighted by atomic mass is 19.2. The largest absolute Gasteiger partial charge is 0.494 e. The van der Waals surface area contributed by atoms with Crippen molar-refractivity contribution >= 4 is 5.97 Å². The van der Waals surface area contributed by atoms with Gasteiger partial charge in [-0.25, -0.2) is 18.0 Å². The van der Waals surface area contributed by atoms with Crippen molar-refractivity contribution in [2.75, 3.05) is 13.2 Å². The van der Waals surface area contributed by atoms with Crippen molar-refractivity contribution in [3.05, 3.63) is 102 Å². The van der Waals surface area contributed by atoms with Gasteiger partial charge in [0.05, 0.1) is 18.8 Å². The number of ether oxygens (including phenoxy) is 3. The molecule has 0 unspecified atom stereocenters. The molecule has 0 heterocycles. The van der Waals surface area contributed by atoms with Crippen molar-refractivity contribution < 1.29 is 32.2 Å². The Hall–Kier alpha value is -4.26. The van der Waals surface area contributed by atoms with Crippen LogP contribution in [-0.2, 0) is 0 Å². The number of carbonyl (C=O) groups excluding carboxylic acids is 1. The Labute approximate surface area is 226 Å². The monoisotopic (exact) mass is 534 g/mol. The minimum Gasteiger partial charge on any atom is -0.494 e. The molecule has 0 aliphatic carbocycles. The molecule has 0 spiro atoms. The molecule has 39 heavy (non-hydrogen) atoms. The summed E-state index contributed by atoms with van der Waals surface area (Å²) in [6, 6.07) is 19.6. The molecule has 4 nitrogen and oxygen atoms in total. The third-order valence-electron chi connectivity index (χ3n) is 6.02. The summed E-state index contributed by atoms with van der Waals surface area (Å²) in [7, 11) is 0. The van der Waals surface area contributed by atoms with Crippen molar-refractivity contribution in [2.24, 2.45) is 0 Å². The Kier molecular flexibility index (Phi) is 9.26. The summed E-state index contributed by atoms with van der Waals surface area (Å²) in [5, 5.41) is 0. The van der Waals surface area contributed by atoms with E-state index in [4.69, 9.17) is 14.2 Å². The van der Waals surface area contributed by atoms with Gasteiger partial charge in [-0.2, -0.15) is 0 Å². The van der Waals surface area contributed by atoms with Gasteiger partial charge in [0.15, 0.2) is 23.2 Å². The molecule has 4 aromatic rings. The molecule has 0 radical (unpaired) electrons. The second-order valence-electron chi connectivity index (χ2n) is 8.92. The Morgan fingerprint density at radius 2 is 1.26 bits per heavy atom. The Morgan fingerprint density at radius 1 is 0.667 bits per heavy atom. The van der Waals surface area contributed by atoms with E-state index in [1.165, 1.54) is 48.5 Å². The fraction of sp³-hybridized carbons (Fsp3) is 0.219. The Bertz CT molecular complexity index is 1420. The molecule has 0 N–H and O–H groups in total. The average molecular weight is 535 g/mol. The molecular weight excluding hydrogens is 505 g/mol. The van der Waals surface area contributed by atoms with Crippen LogP contribution in [0.25, 0.3) is 22.3 Å². The van der Waals surface area contributed by atoms with E-state index in [1.54, 1.807) is 24.3 Å². The van der Waals surface area contributed by atoms with E-state index in [9.17, 15) is 9.18 Å². The zero-order chi connectivity index (χ0) is 27.8. The molecule has 202 valence electrons. The number of esters is 1. The summed E-state index contributed by atoms with van der Waals surface area (Å²) in [6.45, 7) is 4.98. The van der Waals surface area contributed by atoms with Crippen LogP contribution in [0.2, 0.25) is 0 Å². The standard InChI is InChI=1S/C32H29F3O4/c1-3-5-19-38-29-17-14-25(20-28(29)33)39-32(36)23-8-6-21(7-9-23)26-15-16-27(31(35)30(26)34)22-10-12-24(13-11-22)37-18-4-2/h6-17,20H,3-5,18-19H2,1-2H3. The average Bonchev–Trinajstić information content (AvgIpc) is 2.95. The quantitative estimate of drug-likeness (QED) is 0.110. The van der Waals surface area contributed by atoms with Crippen LogP contribution in [-0.4, -0.2) is 19.2 Å². The Balaban J connectivity index is 1.45. The van der Waals surface area contributed by atoms with Crippen molar-refractivity contribution in [3.63, 3.8) is 0 Å². The highest BCUT2D eigenvalue weighted by molar-refractivity contribution is 5.91. The molecule has 0 aliphatic rings. The van der Waals surface area contributed by atoms with Gasteiger partial charge in [0.2, 0.25) is 0 Å². The fourth-order valence-corrected chi connectivity index (χ4v) is 3.89. The van der Waals surface area contributed by atoms with E-state index in [1.807, 2.05) is 13.8 Å². The zero-order valence-electron chi connectivity index (χ0n) is 21.8. The predicted molar refractivity (Wildman–Crippen MR) is 145 cm³/mol. The van der Waals surface area contributed by atoms with Crippen LogP contribution < -0.4 is 14.2 Å². The van der Waals surface area contributed by atoms with Gasteiger partial charge in [-0.05, 0) is 60.4 Å². The van der Waals surface area contributed by atoms with Crippen molar-refractivity contribution in [1.29, 1.82) is 0 Å². The van der Waals surface area contributed by atoms with E-state index in [2.05, 4.69) is 0 Å². The van der Waals surface area contributed by atoms with E-state index < -0.39 is 23.4 Å². The summed E-state index contributed by atoms with van der Waals surface area (Å²) in [5.74, 6) is -2.53. The van der Waals surface area contributed by atoms with Gasteiger partial charge < -0.3 is 14.2 Å². The molecule has 0 aliphatic heterocycles. The lowest BCUT2D eigenvalue weighted by atomic mass is 9.98. The molecular formula is C32H29F3O4. The minimum atomic E-state index is -0.995. The summed E-state index contributed by atoms with van der Waals surface area (Å²) in [6.07, 6.45) is 2.59. The maximum absolute atomic E-state index is 15.1. The highest BCUT2D eigenvalue weighted by Crippen LogP contribution is 2.32. The molecule has 7 heteroatoms. The van der Waals surface area contributed by atoms with Gasteiger partial charge in [-0.1, -0.05) is 56.7 Å². The van der Waals surface area contributed by atoms with E-state index in [-0.39, 0.29) is 28.2 Å². The topological polar surface area (TPSA) is 44.8 Å². The maximum atomic E-state index is 15.1. The lowest BCUT2D eigenvalue weighted by molar-refractivity contribution is 0.0734. The van der Waals surface area contributed by atoms with Crippen LogP contribution in [0.5, 0.6) is 17.2 Å². The molecule has 0 aromatic heterocycles. The fourth-order valence-electron chi connectivity index (χ4n) is 3.89. The van der Waals surface area contributed by atoms with Gasteiger partial charge in [0, 0.05) is 17.2 Å². The number of rotatable bonds is 11. The van der Waals surface area contributed by atoms with Crippen LogP contribution in [0.4, 0.5) is 13.2 Å². The van der Waals surface area contributed by atoms with Gasteiger partial charge in [0.25, 0.3) is 0 Å². The molecule has 0 saturated carbocycles. The number of benzene rings is 4. The van der Waals surface area contributed by atoms with Crippen LogP contribution in [0, 0.1) is 17.5 Å². The number of unbranched alkanes of at least 4 members (excludes halogenated alkanes) is 1. The SMILES string of the molecule is CCCCOc1ccc(OC(=O)c2ccc(-c3ccc(-c4ccc(OCCC)cc4)c(F)c3F)cc2)cc1F. The Morgan fingerprint density at radius 3 is 1.82 bits per heavy atom. The third kappa shape index (κ3) is 6.79. The van der Waals surface area contributed by atoms with Crippen LogP contribution in [0.15, 0.2) is 78.9 Å². The second kappa shape index (κ2) is 13.0. The lowest BCUT2D eigenvalue weighted by Gasteiger charge is -2.11. The maximum Gasteiger partial charge on any atom is 0.343 e.